The van der Waals surface area contributed by atoms with Crippen LogP contribution in [0.1, 0.15) is 12.8 Å². The molecule has 2 rings (SSSR count). The van der Waals surface area contributed by atoms with Gasteiger partial charge in [0.2, 0.25) is 9.04 Å². The molecule has 1 aromatic carbocycles. The van der Waals surface area contributed by atoms with Crippen LogP contribution >= 0.6 is 0 Å². The third kappa shape index (κ3) is 2.08. The van der Waals surface area contributed by atoms with Gasteiger partial charge in [-0.05, 0) is 18.5 Å². The van der Waals surface area contributed by atoms with Crippen LogP contribution in [0.15, 0.2) is 12.1 Å². The van der Waals surface area contributed by atoms with Gasteiger partial charge in [-0.15, -0.1) is 0 Å². The smallest absolute Gasteiger partial charge is 0.211 e. The van der Waals surface area contributed by atoms with Crippen LogP contribution < -0.4 is 5.19 Å². The molecular weight excluding hydrogens is 221 g/mol. The van der Waals surface area contributed by atoms with Crippen LogP contribution in [-0.2, 0) is 4.43 Å². The predicted molar refractivity (Wildman–Crippen MR) is 53.1 cm³/mol. The second kappa shape index (κ2) is 4.36. The molecule has 15 heavy (non-hydrogen) atoms. The molecule has 0 aromatic heterocycles. The van der Waals surface area contributed by atoms with E-state index in [1.54, 1.807) is 0 Å². The van der Waals surface area contributed by atoms with Crippen LogP contribution in [0.2, 0.25) is 6.04 Å². The lowest BCUT2D eigenvalue weighted by molar-refractivity contribution is 0.293. The summed E-state index contributed by atoms with van der Waals surface area (Å²) >= 11 is 0. The first kappa shape index (κ1) is 10.7. The summed E-state index contributed by atoms with van der Waals surface area (Å²) in [6.45, 7) is 0.606. The molecule has 1 unspecified atom stereocenters. The first-order chi connectivity index (χ1) is 7.20. The van der Waals surface area contributed by atoms with Gasteiger partial charge in [0.15, 0.2) is 17.5 Å². The first-order valence-electron chi connectivity index (χ1n) is 4.95. The molecule has 0 radical (unpaired) electrons. The van der Waals surface area contributed by atoms with Crippen molar-refractivity contribution in [2.75, 3.05) is 6.61 Å². The third-order valence-corrected chi connectivity index (χ3v) is 5.30. The molecule has 1 nitrogen and oxygen atoms in total. The van der Waals surface area contributed by atoms with E-state index in [1.165, 1.54) is 6.07 Å². The quantitative estimate of drug-likeness (QED) is 0.530. The summed E-state index contributed by atoms with van der Waals surface area (Å²) in [6, 6.07) is 3.08. The highest BCUT2D eigenvalue weighted by atomic mass is 28.3. The first-order valence-corrected chi connectivity index (χ1v) is 6.81. The second-order valence-corrected chi connectivity index (χ2v) is 6.13. The van der Waals surface area contributed by atoms with Crippen LogP contribution in [-0.4, -0.2) is 15.6 Å². The fraction of sp³-hybridized carbons (Fsp3) is 0.400. The summed E-state index contributed by atoms with van der Waals surface area (Å²) in [5.74, 6) is -3.58. The molecule has 0 spiro atoms. The molecule has 1 aliphatic rings. The van der Waals surface area contributed by atoms with Crippen LogP contribution in [0.4, 0.5) is 13.2 Å². The molecule has 0 aliphatic carbocycles. The Kier molecular flexibility index (Phi) is 3.11. The fourth-order valence-corrected chi connectivity index (χ4v) is 4.26. The molecule has 1 saturated heterocycles. The molecule has 0 N–H and O–H groups in total. The molecule has 0 saturated carbocycles. The van der Waals surface area contributed by atoms with Crippen molar-refractivity contribution >= 4 is 14.2 Å². The van der Waals surface area contributed by atoms with Crippen LogP contribution in [0.5, 0.6) is 0 Å². The highest BCUT2D eigenvalue weighted by Crippen LogP contribution is 2.15. The van der Waals surface area contributed by atoms with Gasteiger partial charge in [-0.3, -0.25) is 0 Å². The molecule has 82 valence electrons. The normalized spacial score (nSPS) is 21.7. The minimum absolute atomic E-state index is 0.258. The number of halogens is 3. The molecule has 1 heterocycles. The highest BCUT2D eigenvalue weighted by Gasteiger charge is 2.24. The predicted octanol–water partition coefficient (Wildman–Crippen LogP) is 1.85. The Labute approximate surface area is 87.6 Å². The Bertz CT molecular complexity index is 364. The Morgan fingerprint density at radius 1 is 1.07 bits per heavy atom. The van der Waals surface area contributed by atoms with Crippen LogP contribution in [0.25, 0.3) is 0 Å². The molecular formula is C10H11F3OSi. The van der Waals surface area contributed by atoms with Crippen LogP contribution in [0, 0.1) is 17.5 Å². The number of hydrogen-bond donors (Lipinski definition) is 0. The maximum absolute atomic E-state index is 13.4. The van der Waals surface area contributed by atoms with Gasteiger partial charge in [-0.1, -0.05) is 12.5 Å². The van der Waals surface area contributed by atoms with E-state index in [9.17, 15) is 13.2 Å². The fourth-order valence-electron chi connectivity index (χ4n) is 1.78. The number of benzene rings is 1. The number of rotatable bonds is 1. The number of hydrogen-bond acceptors (Lipinski definition) is 1. The van der Waals surface area contributed by atoms with Crippen molar-refractivity contribution in [3.63, 3.8) is 0 Å². The van der Waals surface area contributed by atoms with E-state index < -0.39 is 26.5 Å². The Morgan fingerprint density at radius 3 is 2.53 bits per heavy atom. The zero-order chi connectivity index (χ0) is 10.8. The molecule has 1 aromatic rings. The Morgan fingerprint density at radius 2 is 1.87 bits per heavy atom. The van der Waals surface area contributed by atoms with Gasteiger partial charge in [0, 0.05) is 11.8 Å². The van der Waals surface area contributed by atoms with E-state index in [-0.39, 0.29) is 5.19 Å². The van der Waals surface area contributed by atoms with Gasteiger partial charge in [-0.25, -0.2) is 13.2 Å². The molecule has 5 heteroatoms. The maximum Gasteiger partial charge on any atom is 0.211 e. The third-order valence-electron chi connectivity index (χ3n) is 2.59. The average Bonchev–Trinajstić information content (AvgIpc) is 2.27. The Balaban J connectivity index is 2.31. The Hall–Kier alpha value is -0.813. The summed E-state index contributed by atoms with van der Waals surface area (Å²) in [4.78, 5) is 0. The van der Waals surface area contributed by atoms with Crippen molar-refractivity contribution in [1.82, 2.24) is 0 Å². The van der Waals surface area contributed by atoms with E-state index in [1.807, 2.05) is 0 Å². The van der Waals surface area contributed by atoms with E-state index in [4.69, 9.17) is 4.43 Å². The van der Waals surface area contributed by atoms with E-state index >= 15 is 0 Å². The van der Waals surface area contributed by atoms with Crippen molar-refractivity contribution in [3.8, 4) is 0 Å². The minimum atomic E-state index is -1.85. The maximum atomic E-state index is 13.4. The minimum Gasteiger partial charge on any atom is -0.415 e. The SMILES string of the molecule is Fc1ccc([SiH]2CCCCO2)c(F)c1F. The molecule has 1 atom stereocenters. The lowest BCUT2D eigenvalue weighted by Gasteiger charge is -2.21. The zero-order valence-electron chi connectivity index (χ0n) is 8.10. The standard InChI is InChI=1S/C10H11F3OSi/c11-7-3-4-8(10(13)9(7)12)15-6-2-1-5-14-15/h3-4,15H,1-2,5-6H2. The largest absolute Gasteiger partial charge is 0.415 e. The summed E-state index contributed by atoms with van der Waals surface area (Å²) in [6.07, 6.45) is 1.95. The van der Waals surface area contributed by atoms with Gasteiger partial charge >= 0.3 is 0 Å². The van der Waals surface area contributed by atoms with Crippen molar-refractivity contribution in [1.29, 1.82) is 0 Å². The van der Waals surface area contributed by atoms with Crippen molar-refractivity contribution in [2.45, 2.75) is 18.9 Å². The summed E-state index contributed by atoms with van der Waals surface area (Å²) in [5, 5.41) is 0.258. The van der Waals surface area contributed by atoms with E-state index in [2.05, 4.69) is 0 Å². The van der Waals surface area contributed by atoms with Crippen molar-refractivity contribution < 1.29 is 17.6 Å². The van der Waals surface area contributed by atoms with Gasteiger partial charge in [-0.2, -0.15) is 0 Å². The van der Waals surface area contributed by atoms with Crippen molar-refractivity contribution in [3.05, 3.63) is 29.6 Å². The molecule has 1 fully saturated rings. The molecule has 1 aliphatic heterocycles. The van der Waals surface area contributed by atoms with E-state index in [0.717, 1.165) is 25.0 Å². The van der Waals surface area contributed by atoms with Gasteiger partial charge in [0.25, 0.3) is 0 Å². The lowest BCUT2D eigenvalue weighted by Crippen LogP contribution is -2.39. The summed E-state index contributed by atoms with van der Waals surface area (Å²) < 4.78 is 44.5. The average molecular weight is 232 g/mol. The lowest BCUT2D eigenvalue weighted by atomic mass is 10.3. The second-order valence-electron chi connectivity index (χ2n) is 3.62. The van der Waals surface area contributed by atoms with Crippen LogP contribution in [0.3, 0.4) is 0 Å². The summed E-state index contributed by atoms with van der Waals surface area (Å²) in [7, 11) is -1.85. The topological polar surface area (TPSA) is 9.23 Å². The van der Waals surface area contributed by atoms with Gasteiger partial charge < -0.3 is 4.43 Å². The summed E-state index contributed by atoms with van der Waals surface area (Å²) in [5.41, 5.74) is 0. The van der Waals surface area contributed by atoms with E-state index in [0.29, 0.717) is 6.61 Å². The molecule has 0 bridgehead atoms. The monoisotopic (exact) mass is 232 g/mol. The highest BCUT2D eigenvalue weighted by molar-refractivity contribution is 6.67. The van der Waals surface area contributed by atoms with Gasteiger partial charge in [0.05, 0.1) is 0 Å². The zero-order valence-corrected chi connectivity index (χ0v) is 9.26. The molecule has 0 amide bonds. The van der Waals surface area contributed by atoms with Crippen molar-refractivity contribution in [2.24, 2.45) is 0 Å². The van der Waals surface area contributed by atoms with Gasteiger partial charge in [0.1, 0.15) is 0 Å².